The second-order valence-corrected chi connectivity index (χ2v) is 4.77. The van der Waals surface area contributed by atoms with Crippen molar-refractivity contribution in [3.63, 3.8) is 0 Å². The Bertz CT molecular complexity index is 353. The van der Waals surface area contributed by atoms with Crippen molar-refractivity contribution < 1.29 is 0 Å². The van der Waals surface area contributed by atoms with E-state index in [1.807, 2.05) is 0 Å². The number of hydrogen-bond donors (Lipinski definition) is 1. The molecule has 1 heterocycles. The van der Waals surface area contributed by atoms with E-state index in [0.717, 1.165) is 6.54 Å². The van der Waals surface area contributed by atoms with E-state index < -0.39 is 0 Å². The maximum atomic E-state index is 3.45. The van der Waals surface area contributed by atoms with Crippen LogP contribution >= 0.6 is 0 Å². The van der Waals surface area contributed by atoms with Gasteiger partial charge in [0.25, 0.3) is 0 Å². The summed E-state index contributed by atoms with van der Waals surface area (Å²) < 4.78 is 0. The van der Waals surface area contributed by atoms with Gasteiger partial charge in [0.05, 0.1) is 0 Å². The van der Waals surface area contributed by atoms with Crippen LogP contribution in [-0.2, 0) is 0 Å². The van der Waals surface area contributed by atoms with Crippen LogP contribution in [0.15, 0.2) is 24.3 Å². The molecule has 0 spiro atoms. The first-order valence-electron chi connectivity index (χ1n) is 6.22. The van der Waals surface area contributed by atoms with Crippen molar-refractivity contribution in [1.29, 1.82) is 0 Å². The number of hydrogen-bond acceptors (Lipinski definition) is 1. The van der Waals surface area contributed by atoms with Crippen LogP contribution in [0, 0.1) is 19.8 Å². The molecular weight excluding hydrogens is 194 g/mol. The molecule has 0 aliphatic carbocycles. The fourth-order valence-electron chi connectivity index (χ4n) is 2.37. The van der Waals surface area contributed by atoms with E-state index in [2.05, 4.69) is 49.5 Å². The first kappa shape index (κ1) is 11.4. The van der Waals surface area contributed by atoms with Crippen molar-refractivity contribution >= 4 is 6.08 Å². The summed E-state index contributed by atoms with van der Waals surface area (Å²) in [5, 5.41) is 3.45. The Labute approximate surface area is 98.6 Å². The summed E-state index contributed by atoms with van der Waals surface area (Å²) in [4.78, 5) is 0. The largest absolute Gasteiger partial charge is 0.316 e. The second kappa shape index (κ2) is 5.31. The average Bonchev–Trinajstić information content (AvgIpc) is 2.30. The maximum Gasteiger partial charge on any atom is 0.00143 e. The summed E-state index contributed by atoms with van der Waals surface area (Å²) in [5.41, 5.74) is 4.15. The lowest BCUT2D eigenvalue weighted by atomic mass is 9.96. The molecule has 1 N–H and O–H groups in total. The molecule has 0 radical (unpaired) electrons. The Kier molecular flexibility index (Phi) is 3.79. The van der Waals surface area contributed by atoms with Crippen molar-refractivity contribution in [3.8, 4) is 0 Å². The molecule has 1 nitrogen and oxygen atoms in total. The van der Waals surface area contributed by atoms with E-state index in [1.165, 1.54) is 36.1 Å². The molecule has 1 aliphatic heterocycles. The molecular formula is C15H21N. The van der Waals surface area contributed by atoms with Crippen LogP contribution in [0.25, 0.3) is 6.08 Å². The molecule has 2 rings (SSSR count). The maximum absolute atomic E-state index is 3.45. The SMILES string of the molecule is Cc1cccc(C)c1/C=C/[C@@H]1CCCNC1. The molecule has 0 saturated carbocycles. The van der Waals surface area contributed by atoms with Gasteiger partial charge in [-0.3, -0.25) is 0 Å². The minimum Gasteiger partial charge on any atom is -0.316 e. The van der Waals surface area contributed by atoms with Crippen LogP contribution < -0.4 is 5.32 Å². The quantitative estimate of drug-likeness (QED) is 0.798. The zero-order valence-electron chi connectivity index (χ0n) is 10.3. The van der Waals surface area contributed by atoms with Gasteiger partial charge in [0.15, 0.2) is 0 Å². The van der Waals surface area contributed by atoms with Crippen LogP contribution in [-0.4, -0.2) is 13.1 Å². The predicted octanol–water partition coefficient (Wildman–Crippen LogP) is 3.32. The van der Waals surface area contributed by atoms with Gasteiger partial charge in [0.2, 0.25) is 0 Å². The Balaban J connectivity index is 2.10. The lowest BCUT2D eigenvalue weighted by Gasteiger charge is -2.19. The molecule has 0 bridgehead atoms. The van der Waals surface area contributed by atoms with E-state index in [1.54, 1.807) is 0 Å². The Morgan fingerprint density at radius 3 is 2.62 bits per heavy atom. The zero-order chi connectivity index (χ0) is 11.4. The molecule has 1 aromatic carbocycles. The van der Waals surface area contributed by atoms with Gasteiger partial charge in [-0.25, -0.2) is 0 Å². The molecule has 86 valence electrons. The molecule has 1 aliphatic rings. The molecule has 1 saturated heterocycles. The topological polar surface area (TPSA) is 12.0 Å². The van der Waals surface area contributed by atoms with E-state index in [9.17, 15) is 0 Å². The standard InChI is InChI=1S/C15H21N/c1-12-5-3-6-13(2)15(12)9-8-14-7-4-10-16-11-14/h3,5-6,8-9,14,16H,4,7,10-11H2,1-2H3/b9-8+/t14-/m0/s1. The Hall–Kier alpha value is -1.08. The monoisotopic (exact) mass is 215 g/mol. The fourth-order valence-corrected chi connectivity index (χ4v) is 2.37. The van der Waals surface area contributed by atoms with Gasteiger partial charge >= 0.3 is 0 Å². The van der Waals surface area contributed by atoms with Gasteiger partial charge in [-0.1, -0.05) is 30.4 Å². The normalized spacial score (nSPS) is 21.5. The fraction of sp³-hybridized carbons (Fsp3) is 0.467. The molecule has 0 aromatic heterocycles. The van der Waals surface area contributed by atoms with Crippen LogP contribution in [0.1, 0.15) is 29.5 Å². The van der Waals surface area contributed by atoms with Crippen LogP contribution in [0.4, 0.5) is 0 Å². The average molecular weight is 215 g/mol. The molecule has 0 amide bonds. The summed E-state index contributed by atoms with van der Waals surface area (Å²) in [6.45, 7) is 6.70. The summed E-state index contributed by atoms with van der Waals surface area (Å²) in [6.07, 6.45) is 7.32. The highest BCUT2D eigenvalue weighted by Gasteiger charge is 2.09. The van der Waals surface area contributed by atoms with Crippen molar-refractivity contribution in [2.75, 3.05) is 13.1 Å². The minimum absolute atomic E-state index is 0.716. The highest BCUT2D eigenvalue weighted by Crippen LogP contribution is 2.18. The van der Waals surface area contributed by atoms with Gasteiger partial charge < -0.3 is 5.32 Å². The van der Waals surface area contributed by atoms with E-state index in [-0.39, 0.29) is 0 Å². The summed E-state index contributed by atoms with van der Waals surface area (Å²) in [6, 6.07) is 6.50. The third-order valence-electron chi connectivity index (χ3n) is 3.41. The number of piperidine rings is 1. The lowest BCUT2D eigenvalue weighted by Crippen LogP contribution is -2.28. The van der Waals surface area contributed by atoms with Crippen LogP contribution in [0.5, 0.6) is 0 Å². The third kappa shape index (κ3) is 2.73. The Morgan fingerprint density at radius 2 is 2.00 bits per heavy atom. The van der Waals surface area contributed by atoms with Crippen molar-refractivity contribution in [2.45, 2.75) is 26.7 Å². The molecule has 1 fully saturated rings. The smallest absolute Gasteiger partial charge is 0.00143 e. The minimum atomic E-state index is 0.716. The number of rotatable bonds is 2. The lowest BCUT2D eigenvalue weighted by molar-refractivity contribution is 0.439. The first-order chi connectivity index (χ1) is 7.77. The van der Waals surface area contributed by atoms with Crippen molar-refractivity contribution in [2.24, 2.45) is 5.92 Å². The molecule has 0 unspecified atom stereocenters. The number of benzene rings is 1. The van der Waals surface area contributed by atoms with Gasteiger partial charge in [0.1, 0.15) is 0 Å². The van der Waals surface area contributed by atoms with Crippen LogP contribution in [0.3, 0.4) is 0 Å². The third-order valence-corrected chi connectivity index (χ3v) is 3.41. The molecule has 1 aromatic rings. The second-order valence-electron chi connectivity index (χ2n) is 4.77. The summed E-state index contributed by atoms with van der Waals surface area (Å²) in [7, 11) is 0. The van der Waals surface area contributed by atoms with Crippen molar-refractivity contribution in [3.05, 3.63) is 41.0 Å². The highest BCUT2D eigenvalue weighted by atomic mass is 14.9. The van der Waals surface area contributed by atoms with Crippen molar-refractivity contribution in [1.82, 2.24) is 5.32 Å². The van der Waals surface area contributed by atoms with E-state index in [4.69, 9.17) is 0 Å². The molecule has 1 atom stereocenters. The van der Waals surface area contributed by atoms with Gasteiger partial charge in [-0.15, -0.1) is 0 Å². The van der Waals surface area contributed by atoms with Gasteiger partial charge in [-0.2, -0.15) is 0 Å². The number of aryl methyl sites for hydroxylation is 2. The summed E-state index contributed by atoms with van der Waals surface area (Å²) in [5.74, 6) is 0.716. The van der Waals surface area contributed by atoms with Gasteiger partial charge in [0, 0.05) is 6.54 Å². The van der Waals surface area contributed by atoms with E-state index >= 15 is 0 Å². The predicted molar refractivity (Wildman–Crippen MR) is 70.5 cm³/mol. The number of nitrogens with one attached hydrogen (secondary N) is 1. The Morgan fingerprint density at radius 1 is 1.25 bits per heavy atom. The van der Waals surface area contributed by atoms with E-state index in [0.29, 0.717) is 5.92 Å². The summed E-state index contributed by atoms with van der Waals surface area (Å²) >= 11 is 0. The van der Waals surface area contributed by atoms with Gasteiger partial charge in [-0.05, 0) is 55.8 Å². The first-order valence-corrected chi connectivity index (χ1v) is 6.22. The van der Waals surface area contributed by atoms with Crippen LogP contribution in [0.2, 0.25) is 0 Å². The highest BCUT2D eigenvalue weighted by molar-refractivity contribution is 5.57. The molecule has 1 heteroatoms. The zero-order valence-corrected chi connectivity index (χ0v) is 10.3. The molecule has 16 heavy (non-hydrogen) atoms.